The van der Waals surface area contributed by atoms with E-state index < -0.39 is 5.60 Å². The summed E-state index contributed by atoms with van der Waals surface area (Å²) in [6.45, 7) is 11.9. The molecule has 154 valence electrons. The number of rotatable bonds is 5. The molecule has 3 rings (SSSR count). The highest BCUT2D eigenvalue weighted by Gasteiger charge is 2.54. The summed E-state index contributed by atoms with van der Waals surface area (Å²) in [5, 5.41) is 3.96. The van der Waals surface area contributed by atoms with Gasteiger partial charge in [-0.3, -0.25) is 0 Å². The summed E-state index contributed by atoms with van der Waals surface area (Å²) >= 11 is 0. The highest BCUT2D eigenvalue weighted by Crippen LogP contribution is 2.51. The van der Waals surface area contributed by atoms with Crippen LogP contribution in [0.1, 0.15) is 65.9 Å². The maximum absolute atomic E-state index is 12.3. The largest absolute Gasteiger partial charge is 0.444 e. The van der Waals surface area contributed by atoms with Crippen molar-refractivity contribution in [3.05, 3.63) is 41.5 Å². The molecule has 2 aliphatic rings. The third-order valence-electron chi connectivity index (χ3n) is 6.09. The van der Waals surface area contributed by atoms with E-state index in [4.69, 9.17) is 4.74 Å². The first-order valence-corrected chi connectivity index (χ1v) is 10.7. The van der Waals surface area contributed by atoms with Crippen molar-refractivity contribution in [2.24, 2.45) is 5.92 Å². The number of carbonyl (C=O) groups excluding carboxylic acids is 1. The van der Waals surface area contributed by atoms with E-state index in [1.54, 1.807) is 0 Å². The number of piperidine rings is 1. The second-order valence-electron chi connectivity index (χ2n) is 9.45. The van der Waals surface area contributed by atoms with Gasteiger partial charge in [-0.2, -0.15) is 0 Å². The summed E-state index contributed by atoms with van der Waals surface area (Å²) in [5.74, 6) is 0.613. The number of nitrogens with one attached hydrogen (secondary N) is 1. The van der Waals surface area contributed by atoms with Gasteiger partial charge in [0.25, 0.3) is 0 Å². The molecular formula is C24H36N2O2. The lowest BCUT2D eigenvalue weighted by Gasteiger charge is -2.35. The fraction of sp³-hybridized carbons (Fsp3) is 0.625. The summed E-state index contributed by atoms with van der Waals surface area (Å²) < 4.78 is 5.51. The van der Waals surface area contributed by atoms with E-state index in [2.05, 4.69) is 55.6 Å². The molecule has 0 spiro atoms. The number of nitrogens with zero attached hydrogens (tertiary/aromatic N) is 1. The van der Waals surface area contributed by atoms with Gasteiger partial charge in [-0.15, -0.1) is 0 Å². The average molecular weight is 385 g/mol. The summed E-state index contributed by atoms with van der Waals surface area (Å²) in [6, 6.07) is 11.1. The van der Waals surface area contributed by atoms with Crippen molar-refractivity contribution in [3.8, 4) is 0 Å². The lowest BCUT2D eigenvalue weighted by Crippen LogP contribution is -2.50. The van der Waals surface area contributed by atoms with Crippen molar-refractivity contribution in [1.82, 2.24) is 10.2 Å². The van der Waals surface area contributed by atoms with Crippen LogP contribution in [0.3, 0.4) is 0 Å². The molecule has 28 heavy (non-hydrogen) atoms. The summed E-state index contributed by atoms with van der Waals surface area (Å²) in [6.07, 6.45) is 6.50. The predicted molar refractivity (Wildman–Crippen MR) is 115 cm³/mol. The first-order chi connectivity index (χ1) is 13.2. The number of hydrogen-bond acceptors (Lipinski definition) is 3. The SMILES string of the molecule is CCC1(NC2CCN(C(=O)OC(C)(C)C)CC2)CC1/C(C)=C/c1ccccc1. The molecule has 1 N–H and O–H groups in total. The second-order valence-corrected chi connectivity index (χ2v) is 9.45. The van der Waals surface area contributed by atoms with Crippen molar-refractivity contribution in [1.29, 1.82) is 0 Å². The third kappa shape index (κ3) is 5.16. The molecule has 1 amide bonds. The second kappa shape index (κ2) is 8.28. The minimum absolute atomic E-state index is 0.179. The van der Waals surface area contributed by atoms with Gasteiger partial charge in [0.15, 0.2) is 0 Å². The molecule has 1 saturated carbocycles. The summed E-state index contributed by atoms with van der Waals surface area (Å²) in [5.41, 5.74) is 2.55. The lowest BCUT2D eigenvalue weighted by atomic mass is 9.99. The van der Waals surface area contributed by atoms with Crippen molar-refractivity contribution >= 4 is 12.2 Å². The van der Waals surface area contributed by atoms with Crippen LogP contribution in [0.25, 0.3) is 6.08 Å². The molecule has 0 aromatic heterocycles. The van der Waals surface area contributed by atoms with Crippen LogP contribution in [0.5, 0.6) is 0 Å². The molecule has 2 atom stereocenters. The zero-order chi connectivity index (χ0) is 20.4. The standard InChI is InChI=1S/C24H36N2O2/c1-6-24(17-21(24)18(2)16-19-10-8-7-9-11-19)25-20-12-14-26(15-13-20)22(27)28-23(3,4)5/h7-11,16,20-21,25H,6,12-15,17H2,1-5H3/b18-16+. The van der Waals surface area contributed by atoms with Crippen LogP contribution in [0.15, 0.2) is 35.9 Å². The smallest absolute Gasteiger partial charge is 0.410 e. The molecule has 4 heteroatoms. The molecular weight excluding hydrogens is 348 g/mol. The van der Waals surface area contributed by atoms with Crippen molar-refractivity contribution in [2.45, 2.75) is 77.5 Å². The van der Waals surface area contributed by atoms with Gasteiger partial charge < -0.3 is 15.0 Å². The van der Waals surface area contributed by atoms with Gasteiger partial charge in [-0.25, -0.2) is 4.79 Å². The zero-order valence-electron chi connectivity index (χ0n) is 18.1. The molecule has 2 unspecified atom stereocenters. The summed E-state index contributed by atoms with van der Waals surface area (Å²) in [4.78, 5) is 14.1. The van der Waals surface area contributed by atoms with Crippen molar-refractivity contribution in [2.75, 3.05) is 13.1 Å². The van der Waals surface area contributed by atoms with Crippen molar-refractivity contribution < 1.29 is 9.53 Å². The number of hydrogen-bond donors (Lipinski definition) is 1. The fourth-order valence-electron chi connectivity index (χ4n) is 4.41. The Morgan fingerprint density at radius 2 is 1.89 bits per heavy atom. The molecule has 0 bridgehead atoms. The average Bonchev–Trinajstić information content (AvgIpc) is 3.36. The first-order valence-electron chi connectivity index (χ1n) is 10.7. The van der Waals surface area contributed by atoms with E-state index in [1.165, 1.54) is 17.6 Å². The Hall–Kier alpha value is -1.81. The fourth-order valence-corrected chi connectivity index (χ4v) is 4.41. The molecule has 0 radical (unpaired) electrons. The highest BCUT2D eigenvalue weighted by molar-refractivity contribution is 5.68. The van der Waals surface area contributed by atoms with E-state index in [1.807, 2.05) is 25.7 Å². The Kier molecular flexibility index (Phi) is 6.18. The minimum Gasteiger partial charge on any atom is -0.444 e. The van der Waals surface area contributed by atoms with E-state index in [0.29, 0.717) is 12.0 Å². The molecule has 1 saturated heterocycles. The molecule has 1 heterocycles. The number of likely N-dealkylation sites (tertiary alicyclic amines) is 1. The van der Waals surface area contributed by atoms with Crippen LogP contribution in [-0.4, -0.2) is 41.3 Å². The van der Waals surface area contributed by atoms with E-state index in [-0.39, 0.29) is 11.6 Å². The molecule has 1 aliphatic carbocycles. The van der Waals surface area contributed by atoms with Crippen LogP contribution >= 0.6 is 0 Å². The predicted octanol–water partition coefficient (Wildman–Crippen LogP) is 5.25. The molecule has 1 aromatic rings. The van der Waals surface area contributed by atoms with Crippen LogP contribution in [-0.2, 0) is 4.74 Å². The summed E-state index contributed by atoms with van der Waals surface area (Å²) in [7, 11) is 0. The first kappa shape index (κ1) is 20.9. The maximum Gasteiger partial charge on any atom is 0.410 e. The van der Waals surface area contributed by atoms with Gasteiger partial charge in [0, 0.05) is 24.7 Å². The van der Waals surface area contributed by atoms with E-state index >= 15 is 0 Å². The van der Waals surface area contributed by atoms with E-state index in [0.717, 1.165) is 32.4 Å². The van der Waals surface area contributed by atoms with Gasteiger partial charge in [0.05, 0.1) is 0 Å². The highest BCUT2D eigenvalue weighted by atomic mass is 16.6. The molecule has 1 aliphatic heterocycles. The molecule has 2 fully saturated rings. The van der Waals surface area contributed by atoms with Gasteiger partial charge in [-0.05, 0) is 64.9 Å². The van der Waals surface area contributed by atoms with E-state index in [9.17, 15) is 4.79 Å². The minimum atomic E-state index is -0.428. The monoisotopic (exact) mass is 384 g/mol. The van der Waals surface area contributed by atoms with Crippen LogP contribution < -0.4 is 5.32 Å². The Morgan fingerprint density at radius 1 is 1.25 bits per heavy atom. The molecule has 4 nitrogen and oxygen atoms in total. The van der Waals surface area contributed by atoms with Gasteiger partial charge in [-0.1, -0.05) is 48.9 Å². The number of benzene rings is 1. The third-order valence-corrected chi connectivity index (χ3v) is 6.09. The normalized spacial score (nSPS) is 26.2. The molecule has 1 aromatic carbocycles. The van der Waals surface area contributed by atoms with Gasteiger partial charge in [0.2, 0.25) is 0 Å². The Bertz CT molecular complexity index is 699. The Morgan fingerprint density at radius 3 is 2.46 bits per heavy atom. The maximum atomic E-state index is 12.3. The Balaban J connectivity index is 1.53. The zero-order valence-corrected chi connectivity index (χ0v) is 18.1. The lowest BCUT2D eigenvalue weighted by molar-refractivity contribution is 0.0194. The van der Waals surface area contributed by atoms with Crippen LogP contribution in [0, 0.1) is 5.92 Å². The van der Waals surface area contributed by atoms with Gasteiger partial charge >= 0.3 is 6.09 Å². The van der Waals surface area contributed by atoms with Crippen molar-refractivity contribution in [3.63, 3.8) is 0 Å². The Labute approximate surface area is 170 Å². The van der Waals surface area contributed by atoms with Gasteiger partial charge in [0.1, 0.15) is 5.60 Å². The number of amides is 1. The van der Waals surface area contributed by atoms with Crippen LogP contribution in [0.4, 0.5) is 4.79 Å². The number of ether oxygens (including phenoxy) is 1. The quantitative estimate of drug-likeness (QED) is 0.754. The topological polar surface area (TPSA) is 41.6 Å². The van der Waals surface area contributed by atoms with Crippen LogP contribution in [0.2, 0.25) is 0 Å². The number of carbonyl (C=O) groups is 1.